The molecule has 0 radical (unpaired) electrons. The normalized spacial score (nSPS) is 11.2. The minimum absolute atomic E-state index is 0.000234. The van der Waals surface area contributed by atoms with Crippen molar-refractivity contribution in [3.8, 4) is 6.01 Å². The van der Waals surface area contributed by atoms with Crippen LogP contribution in [0.1, 0.15) is 0 Å². The van der Waals surface area contributed by atoms with Gasteiger partial charge in [-0.15, -0.1) is 10.2 Å². The number of halogens is 1. The third kappa shape index (κ3) is 2.57. The average Bonchev–Trinajstić information content (AvgIpc) is 2.91. The molecule has 0 aliphatic carbocycles. The predicted octanol–water partition coefficient (Wildman–Crippen LogP) is 3.11. The van der Waals surface area contributed by atoms with Crippen molar-refractivity contribution in [1.82, 2.24) is 25.0 Å². The van der Waals surface area contributed by atoms with E-state index in [1.165, 1.54) is 21.8 Å². The molecule has 2 aromatic carbocycles. The van der Waals surface area contributed by atoms with Crippen LogP contribution in [0.5, 0.6) is 6.01 Å². The molecule has 0 fully saturated rings. The second-order valence-electron chi connectivity index (χ2n) is 4.99. The van der Waals surface area contributed by atoms with E-state index in [0.717, 1.165) is 0 Å². The molecule has 2 heterocycles. The van der Waals surface area contributed by atoms with E-state index in [4.69, 9.17) is 16.3 Å². The van der Waals surface area contributed by atoms with Crippen molar-refractivity contribution < 1.29 is 4.74 Å². The van der Waals surface area contributed by atoms with Gasteiger partial charge >= 0.3 is 6.01 Å². The Morgan fingerprint density at radius 2 is 1.39 bits per heavy atom. The highest BCUT2D eigenvalue weighted by Crippen LogP contribution is 2.28. The molecule has 4 aromatic rings. The van der Waals surface area contributed by atoms with E-state index in [1.54, 1.807) is 0 Å². The first-order chi connectivity index (χ1) is 11.3. The van der Waals surface area contributed by atoms with E-state index in [9.17, 15) is 0 Å². The van der Waals surface area contributed by atoms with Crippen molar-refractivity contribution in [2.45, 2.75) is 6.54 Å². The maximum atomic E-state index is 5.55. The maximum absolute atomic E-state index is 5.55. The summed E-state index contributed by atoms with van der Waals surface area (Å²) in [6.07, 6.45) is 0. The third-order valence-electron chi connectivity index (χ3n) is 3.66. The van der Waals surface area contributed by atoms with Crippen molar-refractivity contribution in [2.75, 3.05) is 6.61 Å². The van der Waals surface area contributed by atoms with Gasteiger partial charge in [0.2, 0.25) is 0 Å². The number of para-hydroxylation sites is 2. The fourth-order valence-electron chi connectivity index (χ4n) is 2.74. The monoisotopic (exact) mass is 325 g/mol. The van der Waals surface area contributed by atoms with E-state index in [-0.39, 0.29) is 11.3 Å². The Hall–Kier alpha value is -2.73. The van der Waals surface area contributed by atoms with Gasteiger partial charge < -0.3 is 9.30 Å². The first-order valence-corrected chi connectivity index (χ1v) is 7.52. The fraction of sp³-hybridized carbons (Fsp3) is 0.125. The summed E-state index contributed by atoms with van der Waals surface area (Å²) < 4.78 is 7.73. The molecule has 0 amide bonds. The molecule has 0 aliphatic rings. The largest absolute Gasteiger partial charge is 0.459 e. The number of aromatic nitrogens is 5. The molecule has 0 atom stereocenters. The summed E-state index contributed by atoms with van der Waals surface area (Å²) in [5.41, 5.74) is 2.34. The number of fused-ring (bicyclic) bond motifs is 3. The highest BCUT2D eigenvalue weighted by Gasteiger charge is 2.09. The molecule has 7 heteroatoms. The van der Waals surface area contributed by atoms with Gasteiger partial charge in [0.1, 0.15) is 6.61 Å². The molecule has 0 N–H and O–H groups in total. The lowest BCUT2D eigenvalue weighted by molar-refractivity contribution is 0.271. The van der Waals surface area contributed by atoms with Crippen LogP contribution in [0, 0.1) is 0 Å². The Kier molecular flexibility index (Phi) is 3.51. The molecule has 0 unspecified atom stereocenters. The lowest BCUT2D eigenvalue weighted by Crippen LogP contribution is -2.10. The van der Waals surface area contributed by atoms with Crippen molar-refractivity contribution in [3.63, 3.8) is 0 Å². The predicted molar refractivity (Wildman–Crippen MR) is 87.6 cm³/mol. The van der Waals surface area contributed by atoms with Crippen LogP contribution in [0.2, 0.25) is 5.28 Å². The molecule has 114 valence electrons. The number of ether oxygens (including phenoxy) is 1. The van der Waals surface area contributed by atoms with Crippen LogP contribution in [-0.4, -0.2) is 31.6 Å². The third-order valence-corrected chi connectivity index (χ3v) is 3.81. The maximum Gasteiger partial charge on any atom is 0.355 e. The molecule has 0 saturated heterocycles. The number of rotatable bonds is 4. The zero-order chi connectivity index (χ0) is 15.6. The van der Waals surface area contributed by atoms with E-state index in [1.807, 2.05) is 12.1 Å². The van der Waals surface area contributed by atoms with Crippen LogP contribution in [0.4, 0.5) is 0 Å². The van der Waals surface area contributed by atoms with E-state index >= 15 is 0 Å². The van der Waals surface area contributed by atoms with Crippen LogP contribution >= 0.6 is 11.6 Å². The topological polar surface area (TPSA) is 65.7 Å². The van der Waals surface area contributed by atoms with Crippen molar-refractivity contribution >= 4 is 33.4 Å². The molecule has 6 nitrogen and oxygen atoms in total. The standard InChI is InChI=1S/C16H12ClN5O/c17-15-18-20-16(21-19-15)23-10-9-22-13-7-3-1-5-11(13)12-6-2-4-8-14(12)22/h1-8H,9-10H2. The number of benzene rings is 2. The summed E-state index contributed by atoms with van der Waals surface area (Å²) in [6.45, 7) is 1.08. The quantitative estimate of drug-likeness (QED) is 0.577. The van der Waals surface area contributed by atoms with Gasteiger partial charge in [-0.25, -0.2) is 0 Å². The molecule has 23 heavy (non-hydrogen) atoms. The van der Waals surface area contributed by atoms with Crippen LogP contribution < -0.4 is 4.74 Å². The van der Waals surface area contributed by atoms with Gasteiger partial charge in [-0.05, 0) is 23.7 Å². The summed E-state index contributed by atoms with van der Waals surface area (Å²) in [5.74, 6) is 0. The van der Waals surface area contributed by atoms with Gasteiger partial charge in [-0.1, -0.05) is 46.6 Å². The van der Waals surface area contributed by atoms with E-state index in [2.05, 4.69) is 61.4 Å². The Balaban J connectivity index is 1.63. The van der Waals surface area contributed by atoms with Gasteiger partial charge in [0.15, 0.2) is 0 Å². The summed E-state index contributed by atoms with van der Waals surface area (Å²) >= 11 is 5.55. The molecule has 0 bridgehead atoms. The molecular weight excluding hydrogens is 314 g/mol. The van der Waals surface area contributed by atoms with Crippen molar-refractivity contribution in [2.24, 2.45) is 0 Å². The molecule has 2 aromatic heterocycles. The van der Waals surface area contributed by atoms with Crippen LogP contribution in [-0.2, 0) is 6.54 Å². The van der Waals surface area contributed by atoms with E-state index in [0.29, 0.717) is 13.2 Å². The Morgan fingerprint density at radius 3 is 2.00 bits per heavy atom. The first-order valence-electron chi connectivity index (χ1n) is 7.14. The van der Waals surface area contributed by atoms with Crippen molar-refractivity contribution in [3.05, 3.63) is 53.8 Å². The summed E-state index contributed by atoms with van der Waals surface area (Å²) in [6, 6.07) is 16.8. The smallest absolute Gasteiger partial charge is 0.355 e. The number of hydrogen-bond acceptors (Lipinski definition) is 5. The van der Waals surface area contributed by atoms with Crippen molar-refractivity contribution in [1.29, 1.82) is 0 Å². The van der Waals surface area contributed by atoms with Gasteiger partial charge in [-0.3, -0.25) is 0 Å². The zero-order valence-corrected chi connectivity index (χ0v) is 12.8. The van der Waals surface area contributed by atoms with Crippen LogP contribution in [0.15, 0.2) is 48.5 Å². The second-order valence-corrected chi connectivity index (χ2v) is 5.32. The number of nitrogens with zero attached hydrogens (tertiary/aromatic N) is 5. The Labute approximate surface area is 136 Å². The van der Waals surface area contributed by atoms with Gasteiger partial charge in [-0.2, -0.15) is 0 Å². The van der Waals surface area contributed by atoms with Crippen LogP contribution in [0.25, 0.3) is 21.8 Å². The summed E-state index contributed by atoms with van der Waals surface area (Å²) in [7, 11) is 0. The Bertz CT molecular complexity index is 914. The van der Waals surface area contributed by atoms with E-state index < -0.39 is 0 Å². The molecular formula is C16H12ClN5O. The minimum atomic E-state index is -0.000234. The lowest BCUT2D eigenvalue weighted by atomic mass is 10.2. The molecule has 4 rings (SSSR count). The highest BCUT2D eigenvalue weighted by molar-refractivity contribution is 6.28. The summed E-state index contributed by atoms with van der Waals surface area (Å²) in [4.78, 5) is 0. The van der Waals surface area contributed by atoms with Gasteiger partial charge in [0.05, 0.1) is 6.54 Å². The first kappa shape index (κ1) is 13.9. The zero-order valence-electron chi connectivity index (χ0n) is 12.1. The second kappa shape index (κ2) is 5.81. The summed E-state index contributed by atoms with van der Waals surface area (Å²) in [5, 5.41) is 17.1. The average molecular weight is 326 g/mol. The molecule has 0 spiro atoms. The van der Waals surface area contributed by atoms with Crippen LogP contribution in [0.3, 0.4) is 0 Å². The number of hydrogen-bond donors (Lipinski definition) is 0. The fourth-order valence-corrected chi connectivity index (χ4v) is 2.81. The minimum Gasteiger partial charge on any atom is -0.459 e. The Morgan fingerprint density at radius 1 is 0.826 bits per heavy atom. The van der Waals surface area contributed by atoms with Gasteiger partial charge in [0, 0.05) is 21.8 Å². The molecule has 0 aliphatic heterocycles. The highest BCUT2D eigenvalue weighted by atomic mass is 35.5. The van der Waals surface area contributed by atoms with Gasteiger partial charge in [0.25, 0.3) is 5.28 Å². The lowest BCUT2D eigenvalue weighted by Gasteiger charge is -2.07. The SMILES string of the molecule is Clc1nnc(OCCn2c3ccccc3c3ccccc32)nn1. The molecule has 0 saturated carbocycles.